The number of amides is 2. The van der Waals surface area contributed by atoms with Gasteiger partial charge in [-0.3, -0.25) is 9.59 Å². The number of furan rings is 1. The van der Waals surface area contributed by atoms with E-state index in [1.165, 1.54) is 12.7 Å². The zero-order valence-corrected chi connectivity index (χ0v) is 20.9. The summed E-state index contributed by atoms with van der Waals surface area (Å²) >= 11 is 0. The van der Waals surface area contributed by atoms with Gasteiger partial charge in [0.2, 0.25) is 12.7 Å². The summed E-state index contributed by atoms with van der Waals surface area (Å²) in [7, 11) is 0. The molecular formula is C28H29N5O5. The summed E-state index contributed by atoms with van der Waals surface area (Å²) < 4.78 is 18.3. The average molecular weight is 516 g/mol. The molecular weight excluding hydrogens is 486 g/mol. The molecule has 2 aromatic carbocycles. The minimum absolute atomic E-state index is 0.0791. The molecule has 1 N–H and O–H groups in total. The van der Waals surface area contributed by atoms with Crippen molar-refractivity contribution in [2.24, 2.45) is 0 Å². The van der Waals surface area contributed by atoms with Crippen LogP contribution in [0.2, 0.25) is 0 Å². The molecule has 1 aliphatic heterocycles. The van der Waals surface area contributed by atoms with Gasteiger partial charge in [0.05, 0.1) is 11.8 Å². The molecule has 1 aliphatic carbocycles. The van der Waals surface area contributed by atoms with Crippen molar-refractivity contribution in [3.05, 3.63) is 72.2 Å². The van der Waals surface area contributed by atoms with Crippen molar-refractivity contribution in [3.63, 3.8) is 0 Å². The normalized spacial score (nSPS) is 15.9. The molecule has 0 spiro atoms. The highest BCUT2D eigenvalue weighted by Gasteiger charge is 2.35. The molecule has 1 saturated carbocycles. The first-order valence-electron chi connectivity index (χ1n) is 13.0. The average Bonchev–Trinajstić information content (AvgIpc) is 3.71. The first kappa shape index (κ1) is 24.0. The molecule has 2 aliphatic rings. The van der Waals surface area contributed by atoms with Crippen LogP contribution in [0.4, 0.5) is 0 Å². The molecule has 0 radical (unpaired) electrons. The number of nitrogens with zero attached hydrogens (tertiary/aromatic N) is 4. The number of ether oxygens (including phenoxy) is 2. The molecule has 2 amide bonds. The third kappa shape index (κ3) is 4.93. The van der Waals surface area contributed by atoms with Crippen LogP contribution in [0.1, 0.15) is 49.5 Å². The van der Waals surface area contributed by atoms with Gasteiger partial charge in [0.1, 0.15) is 17.8 Å². The van der Waals surface area contributed by atoms with E-state index >= 15 is 0 Å². The van der Waals surface area contributed by atoms with E-state index < -0.39 is 6.04 Å². The summed E-state index contributed by atoms with van der Waals surface area (Å²) in [5, 5.41) is 11.6. The molecule has 196 valence electrons. The Hall–Kier alpha value is -4.34. The Kier molecular flexibility index (Phi) is 6.68. The predicted octanol–water partition coefficient (Wildman–Crippen LogP) is 3.97. The second kappa shape index (κ2) is 10.6. The molecule has 1 fully saturated rings. The van der Waals surface area contributed by atoms with E-state index in [-0.39, 0.29) is 37.7 Å². The highest BCUT2D eigenvalue weighted by molar-refractivity contribution is 5.89. The van der Waals surface area contributed by atoms with Crippen LogP contribution in [0.5, 0.6) is 11.5 Å². The number of fused-ring (bicyclic) bond motifs is 2. The number of nitrogens with one attached hydrogen (secondary N) is 1. The second-order valence-corrected chi connectivity index (χ2v) is 9.71. The van der Waals surface area contributed by atoms with Crippen LogP contribution in [-0.4, -0.2) is 44.5 Å². The van der Waals surface area contributed by atoms with Crippen LogP contribution in [0.25, 0.3) is 11.0 Å². The lowest BCUT2D eigenvalue weighted by Crippen LogP contribution is -2.47. The van der Waals surface area contributed by atoms with Gasteiger partial charge in [0.15, 0.2) is 17.5 Å². The highest BCUT2D eigenvalue weighted by Crippen LogP contribution is 2.34. The summed E-state index contributed by atoms with van der Waals surface area (Å²) in [6, 6.07) is 15.6. The van der Waals surface area contributed by atoms with Gasteiger partial charge < -0.3 is 24.1 Å². The standard InChI is InChI=1S/C28H29N5O5/c34-26(17-33-22-10-5-4-9-21(22)30-31-33)32(16-19-12-13-23-25(15-19)38-18-37-23)27(24-11-6-14-36-24)28(35)29-20-7-2-1-3-8-20/h4-6,9-15,20,27H,1-3,7-8,16-18H2,(H,29,35)/t27-/m1/s1. The summed E-state index contributed by atoms with van der Waals surface area (Å²) in [4.78, 5) is 29.3. The minimum atomic E-state index is -0.959. The van der Waals surface area contributed by atoms with Crippen molar-refractivity contribution in [3.8, 4) is 11.5 Å². The van der Waals surface area contributed by atoms with E-state index in [2.05, 4.69) is 15.6 Å². The van der Waals surface area contributed by atoms with Crippen LogP contribution in [-0.2, 0) is 22.7 Å². The Bertz CT molecular complexity index is 1430. The molecule has 1 atom stereocenters. The number of aromatic nitrogens is 3. The van der Waals surface area contributed by atoms with Crippen LogP contribution in [0.3, 0.4) is 0 Å². The van der Waals surface area contributed by atoms with Gasteiger partial charge in [0.25, 0.3) is 5.91 Å². The monoisotopic (exact) mass is 515 g/mol. The van der Waals surface area contributed by atoms with Gasteiger partial charge in [-0.05, 0) is 54.8 Å². The fraction of sp³-hybridized carbons (Fsp3) is 0.357. The van der Waals surface area contributed by atoms with Gasteiger partial charge >= 0.3 is 0 Å². The van der Waals surface area contributed by atoms with E-state index in [1.54, 1.807) is 21.7 Å². The van der Waals surface area contributed by atoms with Crippen LogP contribution >= 0.6 is 0 Å². The first-order valence-corrected chi connectivity index (χ1v) is 13.0. The quantitative estimate of drug-likeness (QED) is 0.378. The van der Waals surface area contributed by atoms with Gasteiger partial charge in [-0.15, -0.1) is 5.10 Å². The number of para-hydroxylation sites is 1. The van der Waals surface area contributed by atoms with E-state index in [9.17, 15) is 9.59 Å². The smallest absolute Gasteiger partial charge is 0.250 e. The van der Waals surface area contributed by atoms with E-state index in [0.29, 0.717) is 22.8 Å². The van der Waals surface area contributed by atoms with Gasteiger partial charge in [-0.2, -0.15) is 0 Å². The maximum atomic E-state index is 14.0. The van der Waals surface area contributed by atoms with Crippen LogP contribution in [0, 0.1) is 0 Å². The third-order valence-electron chi connectivity index (χ3n) is 7.14. The van der Waals surface area contributed by atoms with Crippen molar-refractivity contribution in [1.82, 2.24) is 25.2 Å². The largest absolute Gasteiger partial charge is 0.467 e. The van der Waals surface area contributed by atoms with Gasteiger partial charge in [-0.1, -0.05) is 42.7 Å². The van der Waals surface area contributed by atoms with E-state index in [1.807, 2.05) is 42.5 Å². The molecule has 0 unspecified atom stereocenters. The molecule has 0 saturated heterocycles. The Balaban J connectivity index is 1.34. The zero-order chi connectivity index (χ0) is 25.9. The predicted molar refractivity (Wildman–Crippen MR) is 137 cm³/mol. The molecule has 10 nitrogen and oxygen atoms in total. The molecule has 10 heteroatoms. The molecule has 2 aromatic heterocycles. The SMILES string of the molecule is O=C(NC1CCCCC1)[C@@H](c1ccco1)N(Cc1ccc2c(c1)OCO2)C(=O)Cn1nnc2ccccc21. The maximum absolute atomic E-state index is 14.0. The topological polar surface area (TPSA) is 112 Å². The first-order chi connectivity index (χ1) is 18.7. The van der Waals surface area contributed by atoms with Crippen LogP contribution in [0.15, 0.2) is 65.3 Å². The number of carbonyl (C=O) groups excluding carboxylic acids is 2. The zero-order valence-electron chi connectivity index (χ0n) is 20.9. The summed E-state index contributed by atoms with van der Waals surface area (Å²) in [5.74, 6) is 1.11. The number of rotatable bonds is 8. The fourth-order valence-corrected chi connectivity index (χ4v) is 5.21. The molecule has 4 aromatic rings. The van der Waals surface area contributed by atoms with Gasteiger partial charge in [-0.25, -0.2) is 4.68 Å². The number of hydrogen-bond acceptors (Lipinski definition) is 7. The van der Waals surface area contributed by atoms with Crippen molar-refractivity contribution in [2.45, 2.75) is 57.3 Å². The van der Waals surface area contributed by atoms with Crippen molar-refractivity contribution >= 4 is 22.8 Å². The number of hydrogen-bond donors (Lipinski definition) is 1. The summed E-state index contributed by atoms with van der Waals surface area (Å²) in [6.45, 7) is 0.226. The molecule has 3 heterocycles. The Morgan fingerprint density at radius 1 is 1.03 bits per heavy atom. The highest BCUT2D eigenvalue weighted by atomic mass is 16.7. The number of carbonyl (C=O) groups is 2. The third-order valence-corrected chi connectivity index (χ3v) is 7.14. The van der Waals surface area contributed by atoms with E-state index in [4.69, 9.17) is 13.9 Å². The fourth-order valence-electron chi connectivity index (χ4n) is 5.21. The summed E-state index contributed by atoms with van der Waals surface area (Å²) in [5.41, 5.74) is 2.23. The lowest BCUT2D eigenvalue weighted by molar-refractivity contribution is -0.143. The number of benzene rings is 2. The van der Waals surface area contributed by atoms with Crippen LogP contribution < -0.4 is 14.8 Å². The molecule has 6 rings (SSSR count). The minimum Gasteiger partial charge on any atom is -0.467 e. The summed E-state index contributed by atoms with van der Waals surface area (Å²) in [6.07, 6.45) is 6.71. The van der Waals surface area contributed by atoms with Crippen molar-refractivity contribution in [1.29, 1.82) is 0 Å². The molecule has 0 bridgehead atoms. The Morgan fingerprint density at radius 3 is 2.71 bits per heavy atom. The maximum Gasteiger partial charge on any atom is 0.250 e. The van der Waals surface area contributed by atoms with Gasteiger partial charge in [0, 0.05) is 12.6 Å². The van der Waals surface area contributed by atoms with Crippen molar-refractivity contribution < 1.29 is 23.5 Å². The second-order valence-electron chi connectivity index (χ2n) is 9.71. The Morgan fingerprint density at radius 2 is 1.87 bits per heavy atom. The van der Waals surface area contributed by atoms with Crippen molar-refractivity contribution in [2.75, 3.05) is 6.79 Å². The Labute approximate surface area is 219 Å². The van der Waals surface area contributed by atoms with E-state index in [0.717, 1.165) is 36.8 Å². The lowest BCUT2D eigenvalue weighted by Gasteiger charge is -2.32. The lowest BCUT2D eigenvalue weighted by atomic mass is 9.95. The molecule has 38 heavy (non-hydrogen) atoms.